The van der Waals surface area contributed by atoms with Gasteiger partial charge in [0.1, 0.15) is 0 Å². The molecular weight excluding hydrogens is 216 g/mol. The van der Waals surface area contributed by atoms with Crippen LogP contribution in [-0.2, 0) is 0 Å². The van der Waals surface area contributed by atoms with Gasteiger partial charge in [0.15, 0.2) is 0 Å². The van der Waals surface area contributed by atoms with Crippen LogP contribution in [0, 0.1) is 0 Å². The fourth-order valence-electron chi connectivity index (χ4n) is 1.01. The van der Waals surface area contributed by atoms with Crippen molar-refractivity contribution < 1.29 is 0 Å². The van der Waals surface area contributed by atoms with Gasteiger partial charge in [0, 0.05) is 0 Å². The van der Waals surface area contributed by atoms with E-state index in [1.54, 1.807) is 0 Å². The smallest absolute Gasteiger partial charge is 0.0328 e. The molecule has 0 saturated carbocycles. The van der Waals surface area contributed by atoms with Crippen LogP contribution in [0.3, 0.4) is 0 Å². The fourth-order valence-corrected chi connectivity index (χ4v) is 1.01. The van der Waals surface area contributed by atoms with Crippen LogP contribution in [0.2, 0.25) is 0 Å². The van der Waals surface area contributed by atoms with Crippen molar-refractivity contribution in [3.63, 3.8) is 0 Å². The van der Waals surface area contributed by atoms with E-state index in [1.807, 2.05) is 0 Å². The predicted molar refractivity (Wildman–Crippen MR) is 89.2 cm³/mol. The number of allylic oxidation sites excluding steroid dienone is 4. The lowest BCUT2D eigenvalue weighted by Gasteiger charge is -1.89. The van der Waals surface area contributed by atoms with Crippen LogP contribution in [0.15, 0.2) is 36.5 Å². The first-order chi connectivity index (χ1) is 8.49. The van der Waals surface area contributed by atoms with Crippen molar-refractivity contribution in [2.45, 2.75) is 80.1 Å². The molecule has 0 heteroatoms. The second-order valence-corrected chi connectivity index (χ2v) is 4.45. The first-order valence-corrected chi connectivity index (χ1v) is 7.45. The lowest BCUT2D eigenvalue weighted by Crippen LogP contribution is -1.68. The molecule has 0 amide bonds. The molecule has 18 heavy (non-hydrogen) atoms. The first kappa shape index (κ1) is 22.4. The molecule has 0 aliphatic rings. The van der Waals surface area contributed by atoms with Crippen LogP contribution in [-0.4, -0.2) is 0 Å². The van der Waals surface area contributed by atoms with Gasteiger partial charge in [0.05, 0.1) is 0 Å². The lowest BCUT2D eigenvalue weighted by molar-refractivity contribution is 0.910. The summed E-state index contributed by atoms with van der Waals surface area (Å²) < 4.78 is 0. The van der Waals surface area contributed by atoms with E-state index < -0.39 is 0 Å². The molecule has 0 heterocycles. The molecule has 0 radical (unpaired) electrons. The Morgan fingerprint density at radius 1 is 0.833 bits per heavy atom. The molecule has 0 aromatic rings. The van der Waals surface area contributed by atoms with Crippen molar-refractivity contribution in [2.24, 2.45) is 0 Å². The molecule has 0 spiro atoms. The molecule has 0 aromatic carbocycles. The highest BCUT2D eigenvalue weighted by molar-refractivity contribution is 4.89. The molecule has 0 aliphatic heterocycles. The topological polar surface area (TPSA) is 0 Å². The van der Waals surface area contributed by atoms with Gasteiger partial charge < -0.3 is 0 Å². The molecular formula is C18H36. The van der Waals surface area contributed by atoms with Crippen LogP contribution in [0.4, 0.5) is 0 Å². The van der Waals surface area contributed by atoms with Crippen LogP contribution < -0.4 is 0 Å². The minimum Gasteiger partial charge on any atom is -0.100 e. The maximum Gasteiger partial charge on any atom is -0.0328 e. The van der Waals surface area contributed by atoms with E-state index in [0.29, 0.717) is 0 Å². The molecule has 0 rings (SSSR count). The van der Waals surface area contributed by atoms with Gasteiger partial charge >= 0.3 is 0 Å². The first-order valence-electron chi connectivity index (χ1n) is 7.45. The number of rotatable bonds is 6. The third-order valence-electron chi connectivity index (χ3n) is 2.31. The van der Waals surface area contributed by atoms with E-state index in [9.17, 15) is 0 Å². The minimum atomic E-state index is 1.14. The van der Waals surface area contributed by atoms with Crippen LogP contribution in [0.5, 0.6) is 0 Å². The quantitative estimate of drug-likeness (QED) is 0.443. The van der Waals surface area contributed by atoms with Gasteiger partial charge in [-0.15, -0.1) is 6.58 Å². The zero-order chi connectivity index (χ0) is 14.8. The fraction of sp³-hybridized carbons (Fsp3) is 0.667. The summed E-state index contributed by atoms with van der Waals surface area (Å²) in [6, 6.07) is 0. The Labute approximate surface area is 117 Å². The third kappa shape index (κ3) is 36.2. The zero-order valence-electron chi connectivity index (χ0n) is 13.8. The monoisotopic (exact) mass is 252 g/mol. The molecule has 0 bridgehead atoms. The summed E-state index contributed by atoms with van der Waals surface area (Å²) in [5.74, 6) is 0. The zero-order valence-corrected chi connectivity index (χ0v) is 13.8. The lowest BCUT2D eigenvalue weighted by atomic mass is 10.2. The molecule has 0 fully saturated rings. The Kier molecular flexibility index (Phi) is 26.8. The Morgan fingerprint density at radius 3 is 1.28 bits per heavy atom. The maximum absolute atomic E-state index is 3.79. The van der Waals surface area contributed by atoms with Gasteiger partial charge in [0.2, 0.25) is 0 Å². The normalized spacial score (nSPS) is 9.00. The van der Waals surface area contributed by atoms with Gasteiger partial charge in [-0.1, -0.05) is 70.9 Å². The van der Waals surface area contributed by atoms with Gasteiger partial charge in [-0.2, -0.15) is 0 Å². The highest BCUT2D eigenvalue weighted by Gasteiger charge is 1.78. The summed E-state index contributed by atoms with van der Waals surface area (Å²) in [4.78, 5) is 0. The van der Waals surface area contributed by atoms with E-state index in [0.717, 1.165) is 12.8 Å². The average Bonchev–Trinajstić information content (AvgIpc) is 2.36. The molecule has 0 N–H and O–H groups in total. The van der Waals surface area contributed by atoms with E-state index >= 15 is 0 Å². The average molecular weight is 252 g/mol. The van der Waals surface area contributed by atoms with Gasteiger partial charge in [-0.05, 0) is 39.0 Å². The van der Waals surface area contributed by atoms with E-state index in [4.69, 9.17) is 0 Å². The molecule has 0 atom stereocenters. The van der Waals surface area contributed by atoms with Crippen molar-refractivity contribution in [2.75, 3.05) is 0 Å². The van der Waals surface area contributed by atoms with Crippen LogP contribution in [0.25, 0.3) is 0 Å². The summed E-state index contributed by atoms with van der Waals surface area (Å²) >= 11 is 0. The maximum atomic E-state index is 3.79. The van der Waals surface area contributed by atoms with E-state index in [1.165, 1.54) is 36.8 Å². The second-order valence-electron chi connectivity index (χ2n) is 4.45. The minimum absolute atomic E-state index is 1.14. The van der Waals surface area contributed by atoms with Gasteiger partial charge in [-0.3, -0.25) is 0 Å². The second kappa shape index (κ2) is 21.5. The molecule has 0 nitrogen and oxygen atoms in total. The number of hydrogen-bond donors (Lipinski definition) is 0. The molecule has 108 valence electrons. The summed E-state index contributed by atoms with van der Waals surface area (Å²) in [6.45, 7) is 20.3. The van der Waals surface area contributed by atoms with Crippen molar-refractivity contribution in [1.29, 1.82) is 0 Å². The molecule has 0 unspecified atom stereocenters. The Bertz CT molecular complexity index is 184. The molecule has 0 saturated heterocycles. The molecule has 0 aliphatic carbocycles. The summed E-state index contributed by atoms with van der Waals surface area (Å²) in [6.07, 6.45) is 11.4. The summed E-state index contributed by atoms with van der Waals surface area (Å²) in [7, 11) is 0. The van der Waals surface area contributed by atoms with E-state index in [-0.39, 0.29) is 0 Å². The van der Waals surface area contributed by atoms with Gasteiger partial charge in [0.25, 0.3) is 0 Å². The largest absolute Gasteiger partial charge is 0.100 e. The predicted octanol–water partition coefficient (Wildman–Crippen LogP) is 7.09. The van der Waals surface area contributed by atoms with Crippen molar-refractivity contribution in [1.82, 2.24) is 0 Å². The van der Waals surface area contributed by atoms with Crippen LogP contribution >= 0.6 is 0 Å². The van der Waals surface area contributed by atoms with Crippen molar-refractivity contribution >= 4 is 0 Å². The highest BCUT2D eigenvalue weighted by atomic mass is 13.8. The van der Waals surface area contributed by atoms with Gasteiger partial charge in [-0.25, -0.2) is 0 Å². The highest BCUT2D eigenvalue weighted by Crippen LogP contribution is 1.98. The van der Waals surface area contributed by atoms with Crippen molar-refractivity contribution in [3.05, 3.63) is 36.5 Å². The van der Waals surface area contributed by atoms with Crippen molar-refractivity contribution in [3.8, 4) is 0 Å². The third-order valence-corrected chi connectivity index (χ3v) is 2.31. The van der Waals surface area contributed by atoms with Crippen LogP contribution in [0.1, 0.15) is 80.1 Å². The van der Waals surface area contributed by atoms with E-state index in [2.05, 4.69) is 66.9 Å². The number of hydrogen-bond acceptors (Lipinski definition) is 0. The Balaban J connectivity index is -0.000000187. The standard InChI is InChI=1S/3C6H12/c1-4-5-6(2)3;1-4-6(3)5-2;1-3-5-6-4-2/h2,4-5H2,1,3H3;3-5H2,1-2H3;5-6H,3-4H2,1-2H3/b;;6-5+. The Morgan fingerprint density at radius 2 is 1.22 bits per heavy atom. The SMILES string of the molecule is C=C(C)CCC.C=C(CC)CC.CC/C=C/CC. The molecule has 0 aromatic heterocycles. The summed E-state index contributed by atoms with van der Waals surface area (Å²) in [5.41, 5.74) is 2.63. The Hall–Kier alpha value is -0.780. The summed E-state index contributed by atoms with van der Waals surface area (Å²) in [5, 5.41) is 0.